The number of rotatable bonds is 9. The Morgan fingerprint density at radius 1 is 0.829 bits per heavy atom. The summed E-state index contributed by atoms with van der Waals surface area (Å²) in [5, 5.41) is 7.97. The molecule has 0 aromatic heterocycles. The highest BCUT2D eigenvalue weighted by Gasteiger charge is 2.18. The number of aryl methyl sites for hydroxylation is 2. The normalized spacial score (nSPS) is 11.9. The molecule has 1 unspecified atom stereocenters. The average molecular weight is 568 g/mol. The monoisotopic (exact) mass is 567 g/mol. The molecule has 0 saturated heterocycles. The van der Waals surface area contributed by atoms with E-state index < -0.39 is 17.6 Å². The summed E-state index contributed by atoms with van der Waals surface area (Å²) in [6.07, 6.45) is 1.30. The molecule has 6 nitrogen and oxygen atoms in total. The van der Waals surface area contributed by atoms with Gasteiger partial charge in [0.05, 0.1) is 5.25 Å². The third-order valence-corrected chi connectivity index (χ3v) is 7.28. The lowest BCUT2D eigenvalue weighted by Crippen LogP contribution is -2.30. The van der Waals surface area contributed by atoms with Gasteiger partial charge in [-0.1, -0.05) is 54.1 Å². The highest BCUT2D eigenvalue weighted by atomic mass is 32.2. The van der Waals surface area contributed by atoms with Crippen LogP contribution in [0.4, 0.5) is 15.8 Å². The quantitative estimate of drug-likeness (QED) is 0.151. The van der Waals surface area contributed by atoms with Crippen LogP contribution in [-0.2, 0) is 9.59 Å². The zero-order valence-corrected chi connectivity index (χ0v) is 23.7. The summed E-state index contributed by atoms with van der Waals surface area (Å²) in [7, 11) is 0. The van der Waals surface area contributed by atoms with Gasteiger partial charge < -0.3 is 16.0 Å². The van der Waals surface area contributed by atoms with Crippen molar-refractivity contribution < 1.29 is 18.8 Å². The topological polar surface area (TPSA) is 87.3 Å². The maximum atomic E-state index is 14.3. The molecule has 0 heterocycles. The number of thioether (sulfide) groups is 1. The van der Waals surface area contributed by atoms with Gasteiger partial charge in [0, 0.05) is 27.4 Å². The van der Waals surface area contributed by atoms with E-state index in [4.69, 9.17) is 0 Å². The highest BCUT2D eigenvalue weighted by molar-refractivity contribution is 8.00. The summed E-state index contributed by atoms with van der Waals surface area (Å²) < 4.78 is 14.3. The van der Waals surface area contributed by atoms with Crippen LogP contribution in [0.25, 0.3) is 6.08 Å². The van der Waals surface area contributed by atoms with Gasteiger partial charge in [-0.3, -0.25) is 14.4 Å². The van der Waals surface area contributed by atoms with Crippen LogP contribution in [0.3, 0.4) is 0 Å². The summed E-state index contributed by atoms with van der Waals surface area (Å²) >= 11 is 1.39. The van der Waals surface area contributed by atoms with Gasteiger partial charge in [-0.05, 0) is 80.9 Å². The van der Waals surface area contributed by atoms with Crippen LogP contribution in [-0.4, -0.2) is 23.0 Å². The molecule has 3 amide bonds. The van der Waals surface area contributed by atoms with Crippen LogP contribution in [0.5, 0.6) is 0 Å². The van der Waals surface area contributed by atoms with Gasteiger partial charge in [-0.25, -0.2) is 4.39 Å². The van der Waals surface area contributed by atoms with Crippen molar-refractivity contribution in [3.05, 3.63) is 131 Å². The first-order valence-corrected chi connectivity index (χ1v) is 13.9. The molecular formula is C33H30FN3O3S. The van der Waals surface area contributed by atoms with Crippen molar-refractivity contribution in [3.8, 4) is 0 Å². The molecule has 208 valence electrons. The van der Waals surface area contributed by atoms with Crippen LogP contribution >= 0.6 is 11.8 Å². The molecule has 0 spiro atoms. The Kier molecular flexibility index (Phi) is 9.71. The predicted molar refractivity (Wildman–Crippen MR) is 163 cm³/mol. The molecular weight excluding hydrogens is 537 g/mol. The van der Waals surface area contributed by atoms with Crippen molar-refractivity contribution in [1.29, 1.82) is 0 Å². The van der Waals surface area contributed by atoms with E-state index in [1.165, 1.54) is 30.0 Å². The van der Waals surface area contributed by atoms with Gasteiger partial charge in [0.25, 0.3) is 11.8 Å². The average Bonchev–Trinajstić information content (AvgIpc) is 2.96. The molecule has 3 N–H and O–H groups in total. The Labute approximate surface area is 243 Å². The standard InChI is InChI=1S/C33H30FN3O3S/c1-21-13-18-29(22(2)19-21)36-31(38)23(3)41-27-16-14-26(15-17-27)35-33(40)30(20-25-11-7-8-12-28(25)34)37-32(39)24-9-5-4-6-10-24/h4-20,23H,1-3H3,(H,35,40)(H,36,38)(H,37,39)/b30-20-. The number of amides is 3. The van der Waals surface area contributed by atoms with Gasteiger partial charge >= 0.3 is 0 Å². The second kappa shape index (κ2) is 13.6. The lowest BCUT2D eigenvalue weighted by molar-refractivity contribution is -0.115. The third-order valence-electron chi connectivity index (χ3n) is 6.17. The highest BCUT2D eigenvalue weighted by Crippen LogP contribution is 2.26. The van der Waals surface area contributed by atoms with Crippen molar-refractivity contribution in [3.63, 3.8) is 0 Å². The smallest absolute Gasteiger partial charge is 0.272 e. The Bertz CT molecular complexity index is 1590. The van der Waals surface area contributed by atoms with Crippen molar-refractivity contribution in [2.75, 3.05) is 10.6 Å². The zero-order valence-electron chi connectivity index (χ0n) is 22.9. The summed E-state index contributed by atoms with van der Waals surface area (Å²) in [6, 6.07) is 27.3. The molecule has 0 saturated carbocycles. The molecule has 4 aromatic carbocycles. The van der Waals surface area contributed by atoms with E-state index in [-0.39, 0.29) is 22.4 Å². The summed E-state index contributed by atoms with van der Waals surface area (Å²) in [5.41, 5.74) is 3.79. The van der Waals surface area contributed by atoms with Gasteiger partial charge in [0.15, 0.2) is 0 Å². The Balaban J connectivity index is 1.43. The number of carbonyl (C=O) groups is 3. The molecule has 0 aliphatic heterocycles. The van der Waals surface area contributed by atoms with Gasteiger partial charge in [-0.15, -0.1) is 11.8 Å². The van der Waals surface area contributed by atoms with E-state index in [0.717, 1.165) is 21.7 Å². The number of anilines is 2. The maximum absolute atomic E-state index is 14.3. The van der Waals surface area contributed by atoms with E-state index in [2.05, 4.69) is 16.0 Å². The van der Waals surface area contributed by atoms with Crippen LogP contribution in [0.15, 0.2) is 108 Å². The minimum absolute atomic E-state index is 0.112. The SMILES string of the molecule is Cc1ccc(NC(=O)C(C)Sc2ccc(NC(=O)/C(=C/c3ccccc3F)NC(=O)c3ccccc3)cc2)c(C)c1. The molecule has 1 atom stereocenters. The number of carbonyl (C=O) groups excluding carboxylic acids is 3. The minimum Gasteiger partial charge on any atom is -0.325 e. The molecule has 0 fully saturated rings. The van der Waals surface area contributed by atoms with Crippen LogP contribution in [0.1, 0.15) is 34.0 Å². The molecule has 41 heavy (non-hydrogen) atoms. The maximum Gasteiger partial charge on any atom is 0.272 e. The fourth-order valence-electron chi connectivity index (χ4n) is 3.95. The fourth-order valence-corrected chi connectivity index (χ4v) is 4.82. The summed E-state index contributed by atoms with van der Waals surface area (Å²) in [4.78, 5) is 39.6. The van der Waals surface area contributed by atoms with E-state index in [9.17, 15) is 18.8 Å². The molecule has 0 bridgehead atoms. The summed E-state index contributed by atoms with van der Waals surface area (Å²) in [6.45, 7) is 5.79. The molecule has 4 aromatic rings. The van der Waals surface area contributed by atoms with E-state index in [1.807, 2.05) is 39.0 Å². The predicted octanol–water partition coefficient (Wildman–Crippen LogP) is 6.97. The molecule has 0 aliphatic carbocycles. The van der Waals surface area contributed by atoms with E-state index in [1.54, 1.807) is 66.7 Å². The number of hydrogen-bond donors (Lipinski definition) is 3. The third kappa shape index (κ3) is 8.16. The van der Waals surface area contributed by atoms with Crippen LogP contribution in [0.2, 0.25) is 0 Å². The number of nitrogens with one attached hydrogen (secondary N) is 3. The van der Waals surface area contributed by atoms with E-state index in [0.29, 0.717) is 11.3 Å². The second-order valence-electron chi connectivity index (χ2n) is 9.45. The van der Waals surface area contributed by atoms with Crippen LogP contribution in [0, 0.1) is 19.7 Å². The van der Waals surface area contributed by atoms with Crippen molar-refractivity contribution in [1.82, 2.24) is 5.32 Å². The number of halogens is 1. The Hall–Kier alpha value is -4.69. The van der Waals surface area contributed by atoms with E-state index >= 15 is 0 Å². The first kappa shape index (κ1) is 29.3. The largest absolute Gasteiger partial charge is 0.325 e. The molecule has 0 radical (unpaired) electrons. The number of hydrogen-bond acceptors (Lipinski definition) is 4. The Morgan fingerprint density at radius 3 is 2.20 bits per heavy atom. The van der Waals surface area contributed by atoms with Gasteiger partial charge in [-0.2, -0.15) is 0 Å². The minimum atomic E-state index is -0.612. The summed E-state index contributed by atoms with van der Waals surface area (Å²) in [5.74, 6) is -1.75. The lowest BCUT2D eigenvalue weighted by atomic mass is 10.1. The molecule has 8 heteroatoms. The second-order valence-corrected chi connectivity index (χ2v) is 10.9. The zero-order chi connectivity index (χ0) is 29.4. The van der Waals surface area contributed by atoms with Crippen LogP contribution < -0.4 is 16.0 Å². The first-order valence-electron chi connectivity index (χ1n) is 13.0. The molecule has 4 rings (SSSR count). The lowest BCUT2D eigenvalue weighted by Gasteiger charge is -2.15. The first-order chi connectivity index (χ1) is 19.7. The van der Waals surface area contributed by atoms with Crippen molar-refractivity contribution in [2.45, 2.75) is 30.9 Å². The number of benzene rings is 4. The Morgan fingerprint density at radius 2 is 1.51 bits per heavy atom. The fraction of sp³-hybridized carbons (Fsp3) is 0.121. The van der Waals surface area contributed by atoms with Gasteiger partial charge in [0.2, 0.25) is 5.91 Å². The van der Waals surface area contributed by atoms with Gasteiger partial charge in [0.1, 0.15) is 11.5 Å². The molecule has 0 aliphatic rings. The van der Waals surface area contributed by atoms with Crippen molar-refractivity contribution >= 4 is 46.9 Å². The van der Waals surface area contributed by atoms with Crippen molar-refractivity contribution in [2.24, 2.45) is 0 Å².